The summed E-state index contributed by atoms with van der Waals surface area (Å²) in [6, 6.07) is 4.42. The monoisotopic (exact) mass is 181 g/mol. The fraction of sp³-hybridized carbons (Fsp3) is 0.375. The molecule has 0 aromatic carbocycles. The van der Waals surface area contributed by atoms with Crippen LogP contribution in [0.5, 0.6) is 0 Å². The van der Waals surface area contributed by atoms with E-state index in [0.29, 0.717) is 0 Å². The van der Waals surface area contributed by atoms with Crippen molar-refractivity contribution < 1.29 is 0 Å². The van der Waals surface area contributed by atoms with Gasteiger partial charge in [-0.05, 0) is 23.4 Å². The van der Waals surface area contributed by atoms with E-state index in [2.05, 4.69) is 17.5 Å². The van der Waals surface area contributed by atoms with Crippen LogP contribution < -0.4 is 0 Å². The zero-order chi connectivity index (χ0) is 7.68. The van der Waals surface area contributed by atoms with Crippen LogP contribution in [-0.4, -0.2) is 5.75 Å². The maximum absolute atomic E-state index is 8.80. The minimum absolute atomic E-state index is 0.164. The van der Waals surface area contributed by atoms with Gasteiger partial charge < -0.3 is 0 Å². The molecule has 0 saturated heterocycles. The number of fused-ring (bicyclic) bond motifs is 1. The molecule has 1 aliphatic rings. The van der Waals surface area contributed by atoms with Crippen LogP contribution in [0.1, 0.15) is 17.9 Å². The summed E-state index contributed by atoms with van der Waals surface area (Å²) in [5.41, 5.74) is 1.26. The number of hydrogen-bond donors (Lipinski definition) is 0. The van der Waals surface area contributed by atoms with Gasteiger partial charge in [-0.1, -0.05) is 0 Å². The summed E-state index contributed by atoms with van der Waals surface area (Å²) in [4.78, 5) is 0. The second-order valence-corrected chi connectivity index (χ2v) is 4.76. The zero-order valence-electron chi connectivity index (χ0n) is 5.91. The van der Waals surface area contributed by atoms with Crippen molar-refractivity contribution in [1.82, 2.24) is 0 Å². The number of nitriles is 1. The van der Waals surface area contributed by atoms with Crippen LogP contribution in [0, 0.1) is 11.3 Å². The first-order valence-electron chi connectivity index (χ1n) is 3.51. The van der Waals surface area contributed by atoms with E-state index in [1.807, 2.05) is 11.8 Å². The zero-order valence-corrected chi connectivity index (χ0v) is 7.54. The molecule has 0 spiro atoms. The Bertz CT molecular complexity index is 297. The molecule has 2 rings (SSSR count). The highest BCUT2D eigenvalue weighted by Gasteiger charge is 2.20. The smallest absolute Gasteiger partial charge is 0.0739 e. The number of rotatable bonds is 0. The predicted octanol–water partition coefficient (Wildman–Crippen LogP) is 2.85. The molecule has 1 aromatic heterocycles. The van der Waals surface area contributed by atoms with Gasteiger partial charge in [-0.3, -0.25) is 0 Å². The second kappa shape index (κ2) is 2.88. The molecule has 1 atom stereocenters. The van der Waals surface area contributed by atoms with Crippen LogP contribution in [0.4, 0.5) is 0 Å². The second-order valence-electron chi connectivity index (χ2n) is 2.48. The quantitative estimate of drug-likeness (QED) is 0.614. The summed E-state index contributed by atoms with van der Waals surface area (Å²) in [7, 11) is 0. The van der Waals surface area contributed by atoms with E-state index < -0.39 is 0 Å². The topological polar surface area (TPSA) is 23.8 Å². The molecule has 0 radical (unpaired) electrons. The van der Waals surface area contributed by atoms with Gasteiger partial charge in [0, 0.05) is 5.75 Å². The first-order valence-corrected chi connectivity index (χ1v) is 5.38. The van der Waals surface area contributed by atoms with Crippen molar-refractivity contribution in [3.8, 4) is 6.07 Å². The Kier molecular flexibility index (Phi) is 1.89. The first-order chi connectivity index (χ1) is 5.42. The van der Waals surface area contributed by atoms with E-state index in [9.17, 15) is 0 Å². The standard InChI is InChI=1S/C8H7NS2/c9-5-6-1-3-10-8-7(6)2-4-11-8/h2,4,6H,1,3H2. The minimum Gasteiger partial charge on any atom is -0.198 e. The van der Waals surface area contributed by atoms with Crippen molar-refractivity contribution in [2.75, 3.05) is 5.75 Å². The van der Waals surface area contributed by atoms with Crippen molar-refractivity contribution in [2.24, 2.45) is 0 Å². The number of thioether (sulfide) groups is 1. The fourth-order valence-corrected chi connectivity index (χ4v) is 3.53. The van der Waals surface area contributed by atoms with E-state index in [1.165, 1.54) is 9.77 Å². The Morgan fingerprint density at radius 1 is 1.64 bits per heavy atom. The molecule has 11 heavy (non-hydrogen) atoms. The molecule has 1 nitrogen and oxygen atoms in total. The molecule has 3 heteroatoms. The van der Waals surface area contributed by atoms with Gasteiger partial charge in [0.25, 0.3) is 0 Å². The van der Waals surface area contributed by atoms with Gasteiger partial charge in [-0.2, -0.15) is 5.26 Å². The summed E-state index contributed by atoms with van der Waals surface area (Å²) in [6.45, 7) is 0. The van der Waals surface area contributed by atoms with Crippen LogP contribution in [0.15, 0.2) is 15.7 Å². The number of nitrogens with zero attached hydrogens (tertiary/aromatic N) is 1. The van der Waals surface area contributed by atoms with Crippen molar-refractivity contribution in [3.63, 3.8) is 0 Å². The molecule has 1 aliphatic heterocycles. The van der Waals surface area contributed by atoms with Gasteiger partial charge in [0.2, 0.25) is 0 Å². The molecule has 0 amide bonds. The summed E-state index contributed by atoms with van der Waals surface area (Å²) < 4.78 is 1.35. The maximum atomic E-state index is 8.80. The van der Waals surface area contributed by atoms with Crippen LogP contribution in [-0.2, 0) is 0 Å². The van der Waals surface area contributed by atoms with Gasteiger partial charge in [-0.25, -0.2) is 0 Å². The molecular formula is C8H7NS2. The van der Waals surface area contributed by atoms with Crippen molar-refractivity contribution in [2.45, 2.75) is 16.5 Å². The van der Waals surface area contributed by atoms with E-state index in [4.69, 9.17) is 5.26 Å². The summed E-state index contributed by atoms with van der Waals surface area (Å²) >= 11 is 3.64. The summed E-state index contributed by atoms with van der Waals surface area (Å²) in [5, 5.41) is 10.9. The lowest BCUT2D eigenvalue weighted by atomic mass is 10.0. The fourth-order valence-electron chi connectivity index (χ4n) is 1.24. The Morgan fingerprint density at radius 2 is 2.55 bits per heavy atom. The molecule has 0 aliphatic carbocycles. The molecular weight excluding hydrogens is 174 g/mol. The maximum Gasteiger partial charge on any atom is 0.0739 e. The third-order valence-corrected chi connectivity index (χ3v) is 4.13. The van der Waals surface area contributed by atoms with Crippen LogP contribution >= 0.6 is 23.1 Å². The van der Waals surface area contributed by atoms with Crippen LogP contribution in [0.3, 0.4) is 0 Å². The van der Waals surface area contributed by atoms with Gasteiger partial charge in [0.15, 0.2) is 0 Å². The molecule has 0 saturated carbocycles. The van der Waals surface area contributed by atoms with Crippen molar-refractivity contribution in [3.05, 3.63) is 17.0 Å². The third kappa shape index (κ3) is 1.17. The van der Waals surface area contributed by atoms with Crippen LogP contribution in [0.2, 0.25) is 0 Å². The summed E-state index contributed by atoms with van der Waals surface area (Å²) in [5.74, 6) is 1.27. The largest absolute Gasteiger partial charge is 0.198 e. The van der Waals surface area contributed by atoms with E-state index >= 15 is 0 Å². The molecule has 0 bridgehead atoms. The number of hydrogen-bond acceptors (Lipinski definition) is 3. The molecule has 0 fully saturated rings. The highest BCUT2D eigenvalue weighted by molar-refractivity contribution is 8.01. The lowest BCUT2D eigenvalue weighted by Gasteiger charge is -2.14. The van der Waals surface area contributed by atoms with Gasteiger partial charge in [0.05, 0.1) is 16.2 Å². The lowest BCUT2D eigenvalue weighted by molar-refractivity contribution is 0.804. The van der Waals surface area contributed by atoms with Gasteiger partial charge in [0.1, 0.15) is 0 Å². The Morgan fingerprint density at radius 3 is 3.36 bits per heavy atom. The lowest BCUT2D eigenvalue weighted by Crippen LogP contribution is -2.01. The average molecular weight is 181 g/mol. The highest BCUT2D eigenvalue weighted by atomic mass is 32.2. The average Bonchev–Trinajstić information content (AvgIpc) is 2.50. The number of thiophene rings is 1. The van der Waals surface area contributed by atoms with E-state index in [1.54, 1.807) is 11.3 Å². The van der Waals surface area contributed by atoms with Crippen LogP contribution in [0.25, 0.3) is 0 Å². The Balaban J connectivity index is 2.41. The normalized spacial score (nSPS) is 22.3. The SMILES string of the molecule is N#CC1CCSc2sccc21. The third-order valence-electron chi connectivity index (χ3n) is 1.83. The van der Waals surface area contributed by atoms with Crippen molar-refractivity contribution >= 4 is 23.1 Å². The van der Waals surface area contributed by atoms with Gasteiger partial charge >= 0.3 is 0 Å². The van der Waals surface area contributed by atoms with Crippen molar-refractivity contribution in [1.29, 1.82) is 5.26 Å². The molecule has 56 valence electrons. The Labute approximate surface area is 74.0 Å². The Hall–Kier alpha value is -0.460. The molecule has 2 heterocycles. The molecule has 1 unspecified atom stereocenters. The molecule has 1 aromatic rings. The van der Waals surface area contributed by atoms with E-state index in [0.717, 1.165) is 12.2 Å². The first kappa shape index (κ1) is 7.20. The predicted molar refractivity (Wildman–Crippen MR) is 48.0 cm³/mol. The van der Waals surface area contributed by atoms with Gasteiger partial charge in [-0.15, -0.1) is 23.1 Å². The highest BCUT2D eigenvalue weighted by Crippen LogP contribution is 2.40. The minimum atomic E-state index is 0.164. The summed E-state index contributed by atoms with van der Waals surface area (Å²) in [6.07, 6.45) is 1.02. The van der Waals surface area contributed by atoms with E-state index in [-0.39, 0.29) is 5.92 Å². The molecule has 0 N–H and O–H groups in total.